The molecular formula is C14H19NO3. The van der Waals surface area contributed by atoms with E-state index in [9.17, 15) is 9.90 Å². The first-order valence-corrected chi connectivity index (χ1v) is 6.28. The van der Waals surface area contributed by atoms with Gasteiger partial charge in [-0.15, -0.1) is 0 Å². The highest BCUT2D eigenvalue weighted by molar-refractivity contribution is 5.94. The van der Waals surface area contributed by atoms with Crippen molar-refractivity contribution in [3.05, 3.63) is 29.3 Å². The van der Waals surface area contributed by atoms with E-state index >= 15 is 0 Å². The Bertz CT molecular complexity index is 445. The van der Waals surface area contributed by atoms with Crippen molar-refractivity contribution in [1.82, 2.24) is 0 Å². The first-order chi connectivity index (χ1) is 8.56. The number of nitrogens with one attached hydrogen (secondary N) is 1. The zero-order valence-electron chi connectivity index (χ0n) is 10.8. The van der Waals surface area contributed by atoms with E-state index < -0.39 is 5.97 Å². The van der Waals surface area contributed by atoms with Gasteiger partial charge in [0.15, 0.2) is 0 Å². The second kappa shape index (κ2) is 5.40. The molecule has 2 rings (SSSR count). The summed E-state index contributed by atoms with van der Waals surface area (Å²) in [6.07, 6.45) is 2.06. The molecule has 4 heteroatoms. The smallest absolute Gasteiger partial charge is 0.337 e. The van der Waals surface area contributed by atoms with Crippen LogP contribution >= 0.6 is 0 Å². The van der Waals surface area contributed by atoms with Crippen LogP contribution in [0.15, 0.2) is 18.2 Å². The molecule has 2 atom stereocenters. The van der Waals surface area contributed by atoms with Gasteiger partial charge in [-0.1, -0.05) is 11.6 Å². The normalized spacial score (nSPS) is 23.7. The number of aromatic carboxylic acids is 1. The topological polar surface area (TPSA) is 58.6 Å². The summed E-state index contributed by atoms with van der Waals surface area (Å²) in [5.41, 5.74) is 2.00. The first-order valence-electron chi connectivity index (χ1n) is 6.28. The summed E-state index contributed by atoms with van der Waals surface area (Å²) >= 11 is 0. The number of aryl methyl sites for hydroxylation is 1. The highest BCUT2D eigenvalue weighted by Crippen LogP contribution is 2.22. The molecule has 0 radical (unpaired) electrons. The molecular weight excluding hydrogens is 230 g/mol. The van der Waals surface area contributed by atoms with Gasteiger partial charge in [0.1, 0.15) is 0 Å². The van der Waals surface area contributed by atoms with E-state index in [1.807, 2.05) is 26.0 Å². The van der Waals surface area contributed by atoms with Gasteiger partial charge in [-0.3, -0.25) is 0 Å². The van der Waals surface area contributed by atoms with Crippen LogP contribution in [0.4, 0.5) is 5.69 Å². The minimum atomic E-state index is -0.888. The number of ether oxygens (including phenoxy) is 1. The maximum absolute atomic E-state index is 11.2. The second-order valence-corrected chi connectivity index (χ2v) is 4.90. The molecule has 2 unspecified atom stereocenters. The van der Waals surface area contributed by atoms with Crippen molar-refractivity contribution in [2.75, 3.05) is 11.9 Å². The molecule has 98 valence electrons. The molecule has 2 N–H and O–H groups in total. The Kier molecular flexibility index (Phi) is 3.87. The number of carboxylic acids is 1. The maximum Gasteiger partial charge on any atom is 0.337 e. The summed E-state index contributed by atoms with van der Waals surface area (Å²) in [7, 11) is 0. The minimum absolute atomic E-state index is 0.231. The monoisotopic (exact) mass is 249 g/mol. The zero-order valence-corrected chi connectivity index (χ0v) is 10.8. The number of carbonyl (C=O) groups is 1. The second-order valence-electron chi connectivity index (χ2n) is 4.90. The third-order valence-corrected chi connectivity index (χ3v) is 3.25. The molecule has 1 aliphatic rings. The van der Waals surface area contributed by atoms with E-state index in [1.165, 1.54) is 0 Å². The Labute approximate surface area is 107 Å². The summed E-state index contributed by atoms with van der Waals surface area (Å²) in [6, 6.07) is 5.76. The van der Waals surface area contributed by atoms with Crippen molar-refractivity contribution in [3.8, 4) is 0 Å². The number of hydrogen-bond acceptors (Lipinski definition) is 3. The van der Waals surface area contributed by atoms with Gasteiger partial charge in [-0.25, -0.2) is 4.79 Å². The van der Waals surface area contributed by atoms with Crippen molar-refractivity contribution in [2.45, 2.75) is 38.8 Å². The van der Waals surface area contributed by atoms with Crippen LogP contribution in [0, 0.1) is 6.92 Å². The summed E-state index contributed by atoms with van der Waals surface area (Å²) in [4.78, 5) is 11.2. The van der Waals surface area contributed by atoms with Gasteiger partial charge < -0.3 is 15.2 Å². The van der Waals surface area contributed by atoms with Crippen molar-refractivity contribution < 1.29 is 14.6 Å². The Balaban J connectivity index is 2.15. The first kappa shape index (κ1) is 12.9. The van der Waals surface area contributed by atoms with Gasteiger partial charge in [0.2, 0.25) is 0 Å². The van der Waals surface area contributed by atoms with Crippen LogP contribution in [0.5, 0.6) is 0 Å². The third kappa shape index (κ3) is 3.01. The molecule has 1 heterocycles. The SMILES string of the molecule is Cc1ccc(NC2CCOC(C)C2)c(C(=O)O)c1. The quantitative estimate of drug-likeness (QED) is 0.864. The Morgan fingerprint density at radius 1 is 1.50 bits per heavy atom. The molecule has 0 amide bonds. The number of anilines is 1. The molecule has 1 aliphatic heterocycles. The molecule has 4 nitrogen and oxygen atoms in total. The van der Waals surface area contributed by atoms with Crippen molar-refractivity contribution in [3.63, 3.8) is 0 Å². The fourth-order valence-corrected chi connectivity index (χ4v) is 2.31. The summed E-state index contributed by atoms with van der Waals surface area (Å²) < 4.78 is 5.49. The van der Waals surface area contributed by atoms with Crippen LogP contribution in [0.3, 0.4) is 0 Å². The largest absolute Gasteiger partial charge is 0.478 e. The van der Waals surface area contributed by atoms with E-state index in [4.69, 9.17) is 4.74 Å². The molecule has 0 aliphatic carbocycles. The fraction of sp³-hybridized carbons (Fsp3) is 0.500. The van der Waals surface area contributed by atoms with Crippen LogP contribution < -0.4 is 5.32 Å². The van der Waals surface area contributed by atoms with Gasteiger partial charge in [0, 0.05) is 18.3 Å². The average molecular weight is 249 g/mol. The third-order valence-electron chi connectivity index (χ3n) is 3.25. The van der Waals surface area contributed by atoms with Gasteiger partial charge >= 0.3 is 5.97 Å². The fourth-order valence-electron chi connectivity index (χ4n) is 2.31. The molecule has 18 heavy (non-hydrogen) atoms. The lowest BCUT2D eigenvalue weighted by Crippen LogP contribution is -2.33. The van der Waals surface area contributed by atoms with E-state index in [-0.39, 0.29) is 12.1 Å². The Morgan fingerprint density at radius 3 is 2.94 bits per heavy atom. The summed E-state index contributed by atoms with van der Waals surface area (Å²) in [5, 5.41) is 12.5. The Morgan fingerprint density at radius 2 is 2.28 bits per heavy atom. The van der Waals surface area contributed by atoms with Crippen LogP contribution in [0.2, 0.25) is 0 Å². The predicted octanol–water partition coefficient (Wildman–Crippen LogP) is 2.67. The zero-order chi connectivity index (χ0) is 13.1. The lowest BCUT2D eigenvalue weighted by Gasteiger charge is -2.29. The van der Waals surface area contributed by atoms with Crippen LogP contribution in [0.25, 0.3) is 0 Å². The number of hydrogen-bond donors (Lipinski definition) is 2. The highest BCUT2D eigenvalue weighted by atomic mass is 16.5. The molecule has 0 saturated carbocycles. The van der Waals surface area contributed by atoms with Crippen molar-refractivity contribution in [2.24, 2.45) is 0 Å². The minimum Gasteiger partial charge on any atom is -0.478 e. The van der Waals surface area contributed by atoms with Gasteiger partial charge in [-0.05, 0) is 38.8 Å². The van der Waals surface area contributed by atoms with Crippen molar-refractivity contribution >= 4 is 11.7 Å². The van der Waals surface area contributed by atoms with Crippen molar-refractivity contribution in [1.29, 1.82) is 0 Å². The molecule has 1 aromatic carbocycles. The standard InChI is InChI=1S/C14H19NO3/c1-9-3-4-13(12(7-9)14(16)17)15-11-5-6-18-10(2)8-11/h3-4,7,10-11,15H,5-6,8H2,1-2H3,(H,16,17). The maximum atomic E-state index is 11.2. The van der Waals surface area contributed by atoms with E-state index in [0.29, 0.717) is 11.3 Å². The average Bonchev–Trinajstić information content (AvgIpc) is 2.31. The van der Waals surface area contributed by atoms with Gasteiger partial charge in [-0.2, -0.15) is 0 Å². The van der Waals surface area contributed by atoms with E-state index in [1.54, 1.807) is 6.07 Å². The molecule has 0 spiro atoms. The van der Waals surface area contributed by atoms with Crippen LogP contribution in [-0.4, -0.2) is 29.8 Å². The highest BCUT2D eigenvalue weighted by Gasteiger charge is 2.20. The number of rotatable bonds is 3. The van der Waals surface area contributed by atoms with Gasteiger partial charge in [0.25, 0.3) is 0 Å². The predicted molar refractivity (Wildman–Crippen MR) is 70.2 cm³/mol. The van der Waals surface area contributed by atoms with Gasteiger partial charge in [0.05, 0.1) is 11.7 Å². The van der Waals surface area contributed by atoms with Crippen LogP contribution in [-0.2, 0) is 4.74 Å². The van der Waals surface area contributed by atoms with E-state index in [2.05, 4.69) is 5.32 Å². The summed E-state index contributed by atoms with van der Waals surface area (Å²) in [5.74, 6) is -0.888. The number of benzene rings is 1. The molecule has 1 fully saturated rings. The molecule has 0 aromatic heterocycles. The molecule has 1 saturated heterocycles. The number of carboxylic acid groups (broad SMARTS) is 1. The Hall–Kier alpha value is -1.55. The van der Waals surface area contributed by atoms with Crippen LogP contribution in [0.1, 0.15) is 35.7 Å². The lowest BCUT2D eigenvalue weighted by atomic mass is 10.0. The van der Waals surface area contributed by atoms with E-state index in [0.717, 1.165) is 25.0 Å². The summed E-state index contributed by atoms with van der Waals surface area (Å²) in [6.45, 7) is 4.67. The molecule has 0 bridgehead atoms. The molecule has 1 aromatic rings. The lowest BCUT2D eigenvalue weighted by molar-refractivity contribution is 0.0232.